The lowest BCUT2D eigenvalue weighted by atomic mass is 10.2. The zero-order valence-electron chi connectivity index (χ0n) is 9.39. The Balaban J connectivity index is 2.34. The van der Waals surface area contributed by atoms with Gasteiger partial charge in [-0.05, 0) is 24.3 Å². The molecule has 0 spiro atoms. The van der Waals surface area contributed by atoms with Crippen LogP contribution in [0.4, 0.5) is 17.1 Å². The van der Waals surface area contributed by atoms with Gasteiger partial charge in [0.05, 0.1) is 10.4 Å². The summed E-state index contributed by atoms with van der Waals surface area (Å²) in [6, 6.07) is 15.9. The van der Waals surface area contributed by atoms with Crippen LogP contribution in [0.15, 0.2) is 54.6 Å². The van der Waals surface area contributed by atoms with Crippen LogP contribution in [-0.2, 0) is 0 Å². The lowest BCUT2D eigenvalue weighted by Gasteiger charge is -2.18. The van der Waals surface area contributed by atoms with Gasteiger partial charge in [-0.2, -0.15) is 0 Å². The highest BCUT2D eigenvalue weighted by Crippen LogP contribution is 2.25. The van der Waals surface area contributed by atoms with Crippen molar-refractivity contribution in [3.63, 3.8) is 0 Å². The maximum atomic E-state index is 10.6. The largest absolute Gasteiger partial charge is 0.307 e. The maximum Gasteiger partial charge on any atom is 0.269 e. The van der Waals surface area contributed by atoms with Crippen molar-refractivity contribution in [2.75, 3.05) is 4.90 Å². The van der Waals surface area contributed by atoms with Crippen LogP contribution >= 0.6 is 12.2 Å². The van der Waals surface area contributed by atoms with Crippen LogP contribution in [0, 0.1) is 10.1 Å². The first-order valence-electron chi connectivity index (χ1n) is 5.26. The predicted octanol–water partition coefficient (Wildman–Crippen LogP) is 3.69. The highest BCUT2D eigenvalue weighted by molar-refractivity contribution is 7.79. The Morgan fingerprint density at radius 3 is 2.06 bits per heavy atom. The zero-order chi connectivity index (χ0) is 13.0. The Morgan fingerprint density at radius 2 is 1.56 bits per heavy atom. The minimum absolute atomic E-state index is 0.0659. The fourth-order valence-corrected chi connectivity index (χ4v) is 1.84. The van der Waals surface area contributed by atoms with E-state index in [2.05, 4.69) is 0 Å². The van der Waals surface area contributed by atoms with Gasteiger partial charge < -0.3 is 4.90 Å². The normalized spacial score (nSPS) is 9.78. The highest BCUT2D eigenvalue weighted by Gasteiger charge is 2.09. The molecule has 4 nitrogen and oxygen atoms in total. The molecule has 18 heavy (non-hydrogen) atoms. The second kappa shape index (κ2) is 5.37. The molecule has 0 saturated heterocycles. The Hall–Kier alpha value is -2.27. The van der Waals surface area contributed by atoms with Gasteiger partial charge >= 0.3 is 0 Å². The number of nitrogens with zero attached hydrogens (tertiary/aromatic N) is 2. The van der Waals surface area contributed by atoms with Crippen molar-refractivity contribution >= 4 is 34.8 Å². The van der Waals surface area contributed by atoms with Gasteiger partial charge in [0.15, 0.2) is 0 Å². The fraction of sp³-hybridized carbons (Fsp3) is 0. The van der Waals surface area contributed by atoms with E-state index >= 15 is 0 Å². The topological polar surface area (TPSA) is 46.4 Å². The van der Waals surface area contributed by atoms with E-state index in [-0.39, 0.29) is 5.69 Å². The number of hydrogen-bond acceptors (Lipinski definition) is 3. The summed E-state index contributed by atoms with van der Waals surface area (Å²) in [6.45, 7) is 0. The Kier molecular flexibility index (Phi) is 3.64. The summed E-state index contributed by atoms with van der Waals surface area (Å²) in [4.78, 5) is 12.0. The van der Waals surface area contributed by atoms with E-state index in [0.29, 0.717) is 0 Å². The first-order chi connectivity index (χ1) is 8.72. The van der Waals surface area contributed by atoms with Gasteiger partial charge in [-0.15, -0.1) is 0 Å². The second-order valence-corrected chi connectivity index (χ2v) is 3.80. The molecule has 2 aromatic carbocycles. The van der Waals surface area contributed by atoms with E-state index < -0.39 is 4.92 Å². The van der Waals surface area contributed by atoms with Crippen molar-refractivity contribution < 1.29 is 4.92 Å². The first kappa shape index (κ1) is 12.2. The summed E-state index contributed by atoms with van der Waals surface area (Å²) >= 11 is 4.99. The molecule has 2 rings (SSSR count). The summed E-state index contributed by atoms with van der Waals surface area (Å²) in [5, 5.41) is 10.6. The Labute approximate surface area is 110 Å². The van der Waals surface area contributed by atoms with Gasteiger partial charge in [-0.25, -0.2) is 0 Å². The molecule has 0 aromatic heterocycles. The van der Waals surface area contributed by atoms with Gasteiger partial charge in [0.2, 0.25) is 0 Å². The van der Waals surface area contributed by atoms with E-state index in [1.807, 2.05) is 30.3 Å². The zero-order valence-corrected chi connectivity index (χ0v) is 10.2. The van der Waals surface area contributed by atoms with Gasteiger partial charge in [0.25, 0.3) is 5.69 Å². The number of anilines is 2. The number of hydrogen-bond donors (Lipinski definition) is 0. The number of nitro groups is 1. The van der Waals surface area contributed by atoms with E-state index in [0.717, 1.165) is 11.4 Å². The number of thiocarbonyl (C=S) groups is 1. The average Bonchev–Trinajstić information content (AvgIpc) is 2.41. The smallest absolute Gasteiger partial charge is 0.269 e. The van der Waals surface area contributed by atoms with E-state index in [9.17, 15) is 10.1 Å². The third-order valence-electron chi connectivity index (χ3n) is 2.48. The third-order valence-corrected chi connectivity index (χ3v) is 2.69. The highest BCUT2D eigenvalue weighted by atomic mass is 32.1. The Bertz CT molecular complexity index is 555. The number of benzene rings is 2. The molecule has 0 aliphatic rings. The first-order valence-corrected chi connectivity index (χ1v) is 5.73. The van der Waals surface area contributed by atoms with Crippen LogP contribution in [0.25, 0.3) is 0 Å². The van der Waals surface area contributed by atoms with Gasteiger partial charge in [0.1, 0.15) is 0 Å². The van der Waals surface area contributed by atoms with Crippen LogP contribution < -0.4 is 4.90 Å². The van der Waals surface area contributed by atoms with Crippen molar-refractivity contribution in [2.45, 2.75) is 0 Å². The summed E-state index contributed by atoms with van der Waals surface area (Å²) in [7, 11) is 0. The molecule has 5 heteroatoms. The lowest BCUT2D eigenvalue weighted by molar-refractivity contribution is -0.384. The molecule has 90 valence electrons. The standard InChI is InChI=1S/C13H10N2O2S/c16-15(17)13-8-6-12(7-9-13)14(10-18)11-4-2-1-3-5-11/h1-10H. The molecule has 0 heterocycles. The number of para-hydroxylation sites is 1. The van der Waals surface area contributed by atoms with Crippen molar-refractivity contribution in [1.29, 1.82) is 0 Å². The van der Waals surface area contributed by atoms with Crippen LogP contribution in [-0.4, -0.2) is 10.4 Å². The Morgan fingerprint density at radius 1 is 1.00 bits per heavy atom. The van der Waals surface area contributed by atoms with Crippen molar-refractivity contribution in [2.24, 2.45) is 0 Å². The number of non-ortho nitro benzene ring substituents is 1. The molecule has 0 unspecified atom stereocenters. The molecular formula is C13H10N2O2S. The summed E-state index contributed by atoms with van der Waals surface area (Å²) in [5.74, 6) is 0. The van der Waals surface area contributed by atoms with Crippen molar-refractivity contribution in [3.8, 4) is 0 Å². The molecule has 0 radical (unpaired) electrons. The van der Waals surface area contributed by atoms with Crippen LogP contribution in [0.3, 0.4) is 0 Å². The molecule has 0 saturated carbocycles. The van der Waals surface area contributed by atoms with E-state index in [1.54, 1.807) is 17.0 Å². The predicted molar refractivity (Wildman–Crippen MR) is 75.3 cm³/mol. The maximum absolute atomic E-state index is 10.6. The molecular weight excluding hydrogens is 248 g/mol. The van der Waals surface area contributed by atoms with E-state index in [1.165, 1.54) is 17.6 Å². The summed E-state index contributed by atoms with van der Waals surface area (Å²) < 4.78 is 0. The van der Waals surface area contributed by atoms with Gasteiger partial charge in [0, 0.05) is 23.5 Å². The average molecular weight is 258 g/mol. The molecule has 0 aliphatic carbocycles. The van der Waals surface area contributed by atoms with Crippen molar-refractivity contribution in [3.05, 3.63) is 64.7 Å². The molecule has 0 fully saturated rings. The lowest BCUT2D eigenvalue weighted by Crippen LogP contribution is -2.12. The monoisotopic (exact) mass is 258 g/mol. The summed E-state index contributed by atoms with van der Waals surface area (Å²) in [5.41, 5.74) is 3.29. The summed E-state index contributed by atoms with van der Waals surface area (Å²) in [6.07, 6.45) is 0. The molecule has 0 amide bonds. The molecule has 2 aromatic rings. The minimum atomic E-state index is -0.423. The van der Waals surface area contributed by atoms with Gasteiger partial charge in [-0.3, -0.25) is 10.1 Å². The minimum Gasteiger partial charge on any atom is -0.307 e. The van der Waals surface area contributed by atoms with Crippen molar-refractivity contribution in [1.82, 2.24) is 0 Å². The van der Waals surface area contributed by atoms with E-state index in [4.69, 9.17) is 12.2 Å². The SMILES string of the molecule is O=[N+]([O-])c1ccc(N(C=S)c2ccccc2)cc1. The number of nitro benzene ring substituents is 1. The fourth-order valence-electron chi connectivity index (χ4n) is 1.59. The van der Waals surface area contributed by atoms with Crippen LogP contribution in [0.5, 0.6) is 0 Å². The molecule has 0 aliphatic heterocycles. The quantitative estimate of drug-likeness (QED) is 0.476. The molecule has 0 bridgehead atoms. The molecule has 0 atom stereocenters. The third kappa shape index (κ3) is 2.52. The molecule has 0 N–H and O–H groups in total. The number of rotatable bonds is 4. The van der Waals surface area contributed by atoms with Gasteiger partial charge in [-0.1, -0.05) is 30.4 Å². The second-order valence-electron chi connectivity index (χ2n) is 3.58. The van der Waals surface area contributed by atoms with Crippen LogP contribution in [0.1, 0.15) is 0 Å². The van der Waals surface area contributed by atoms with Crippen LogP contribution in [0.2, 0.25) is 0 Å².